The highest BCUT2D eigenvalue weighted by atomic mass is 16.2. The summed E-state index contributed by atoms with van der Waals surface area (Å²) in [5, 5.41) is 3.69. The molecule has 0 bridgehead atoms. The van der Waals surface area contributed by atoms with Gasteiger partial charge in [0, 0.05) is 68.5 Å². The van der Waals surface area contributed by atoms with Crippen molar-refractivity contribution in [1.29, 1.82) is 0 Å². The number of fused-ring (bicyclic) bond motifs is 1. The number of nitrogens with zero attached hydrogens (tertiary/aromatic N) is 4. The van der Waals surface area contributed by atoms with Gasteiger partial charge in [0.1, 0.15) is 0 Å². The Morgan fingerprint density at radius 2 is 1.86 bits per heavy atom. The first kappa shape index (κ1) is 17.9. The van der Waals surface area contributed by atoms with Gasteiger partial charge in [-0.05, 0) is 30.3 Å². The summed E-state index contributed by atoms with van der Waals surface area (Å²) in [7, 11) is 0. The van der Waals surface area contributed by atoms with E-state index in [1.165, 1.54) is 0 Å². The minimum atomic E-state index is -0.195. The third-order valence-corrected chi connectivity index (χ3v) is 4.98. The number of piperazine rings is 1. The van der Waals surface area contributed by atoms with Crippen LogP contribution in [-0.4, -0.2) is 52.9 Å². The molecule has 7 heteroatoms. The Labute approximate surface area is 163 Å². The molecule has 1 aromatic carbocycles. The lowest BCUT2D eigenvalue weighted by atomic mass is 10.1. The number of hydrogen-bond acceptors (Lipinski definition) is 5. The molecule has 3 heterocycles. The minimum absolute atomic E-state index is 0.111. The summed E-state index contributed by atoms with van der Waals surface area (Å²) in [5.41, 5.74) is 3.03. The molecule has 142 valence electrons. The van der Waals surface area contributed by atoms with Crippen molar-refractivity contribution in [2.75, 3.05) is 36.4 Å². The van der Waals surface area contributed by atoms with Gasteiger partial charge in [0.2, 0.25) is 5.91 Å². The van der Waals surface area contributed by atoms with E-state index >= 15 is 0 Å². The number of hydrogen-bond donors (Lipinski definition) is 1. The molecule has 2 amide bonds. The number of pyridine rings is 2. The number of benzene rings is 1. The molecular formula is C21H21N5O2. The number of aromatic nitrogens is 2. The predicted molar refractivity (Wildman–Crippen MR) is 108 cm³/mol. The van der Waals surface area contributed by atoms with E-state index in [0.717, 1.165) is 35.4 Å². The van der Waals surface area contributed by atoms with E-state index in [1.807, 2.05) is 29.2 Å². The number of amides is 2. The molecule has 0 radical (unpaired) electrons. The van der Waals surface area contributed by atoms with Crippen LogP contribution in [0.4, 0.5) is 11.4 Å². The lowest BCUT2D eigenvalue weighted by Gasteiger charge is -2.35. The molecule has 4 rings (SSSR count). The Morgan fingerprint density at radius 1 is 1.04 bits per heavy atom. The second-order valence-corrected chi connectivity index (χ2v) is 6.75. The third-order valence-electron chi connectivity index (χ3n) is 4.98. The van der Waals surface area contributed by atoms with Crippen molar-refractivity contribution < 1.29 is 9.59 Å². The zero-order chi connectivity index (χ0) is 19.5. The summed E-state index contributed by atoms with van der Waals surface area (Å²) >= 11 is 0. The minimum Gasteiger partial charge on any atom is -0.368 e. The molecule has 1 fully saturated rings. The Balaban J connectivity index is 1.51. The number of nitrogens with one attached hydrogen (secondary N) is 1. The normalized spacial score (nSPS) is 14.2. The summed E-state index contributed by atoms with van der Waals surface area (Å²) < 4.78 is 0. The van der Waals surface area contributed by atoms with E-state index in [4.69, 9.17) is 0 Å². The van der Waals surface area contributed by atoms with E-state index in [0.29, 0.717) is 18.7 Å². The molecular weight excluding hydrogens is 354 g/mol. The number of rotatable bonds is 3. The van der Waals surface area contributed by atoms with E-state index in [2.05, 4.69) is 20.2 Å². The summed E-state index contributed by atoms with van der Waals surface area (Å²) in [6.45, 7) is 4.57. The van der Waals surface area contributed by atoms with Crippen molar-refractivity contribution in [3.05, 3.63) is 60.6 Å². The molecule has 0 spiro atoms. The molecule has 0 saturated carbocycles. The molecule has 0 unspecified atom stereocenters. The van der Waals surface area contributed by atoms with Crippen molar-refractivity contribution in [3.8, 4) is 0 Å². The van der Waals surface area contributed by atoms with Gasteiger partial charge in [-0.3, -0.25) is 19.6 Å². The number of carbonyl (C=O) groups excluding carboxylic acids is 2. The molecule has 1 aliphatic heterocycles. The lowest BCUT2D eigenvalue weighted by Crippen LogP contribution is -2.48. The van der Waals surface area contributed by atoms with Crippen molar-refractivity contribution in [3.63, 3.8) is 0 Å². The maximum atomic E-state index is 12.8. The standard InChI is InChI=1S/C21H21N5O2/c1-15(27)25-9-11-26(12-10-25)17-4-2-3-16(13-17)24-21(28)18-5-8-23-20-6-7-22-14-19(18)20/h2-8,13-14H,9-12H2,1H3,(H,24,28). The fraction of sp³-hybridized carbons (Fsp3) is 0.238. The highest BCUT2D eigenvalue weighted by Crippen LogP contribution is 2.22. The Morgan fingerprint density at radius 3 is 2.64 bits per heavy atom. The number of anilines is 2. The van der Waals surface area contributed by atoms with Gasteiger partial charge < -0.3 is 15.1 Å². The largest absolute Gasteiger partial charge is 0.368 e. The summed E-state index contributed by atoms with van der Waals surface area (Å²) in [4.78, 5) is 36.8. The molecule has 7 nitrogen and oxygen atoms in total. The summed E-state index contributed by atoms with van der Waals surface area (Å²) in [6, 6.07) is 11.3. The molecule has 2 aromatic heterocycles. The molecule has 0 atom stereocenters. The van der Waals surface area contributed by atoms with Gasteiger partial charge in [-0.25, -0.2) is 0 Å². The van der Waals surface area contributed by atoms with Crippen molar-refractivity contribution in [2.24, 2.45) is 0 Å². The highest BCUT2D eigenvalue weighted by Gasteiger charge is 2.19. The van der Waals surface area contributed by atoms with Crippen LogP contribution in [0.5, 0.6) is 0 Å². The van der Waals surface area contributed by atoms with Crippen LogP contribution in [0.2, 0.25) is 0 Å². The van der Waals surface area contributed by atoms with Gasteiger partial charge >= 0.3 is 0 Å². The first-order valence-corrected chi connectivity index (χ1v) is 9.22. The van der Waals surface area contributed by atoms with Crippen LogP contribution in [0.3, 0.4) is 0 Å². The zero-order valence-corrected chi connectivity index (χ0v) is 15.6. The highest BCUT2D eigenvalue weighted by molar-refractivity contribution is 6.12. The fourth-order valence-electron chi connectivity index (χ4n) is 3.45. The second-order valence-electron chi connectivity index (χ2n) is 6.75. The lowest BCUT2D eigenvalue weighted by molar-refractivity contribution is -0.129. The van der Waals surface area contributed by atoms with Gasteiger partial charge in [0.15, 0.2) is 0 Å². The molecule has 3 aromatic rings. The number of carbonyl (C=O) groups is 2. The van der Waals surface area contributed by atoms with Gasteiger partial charge in [0.25, 0.3) is 5.91 Å². The van der Waals surface area contributed by atoms with Crippen LogP contribution in [-0.2, 0) is 4.79 Å². The maximum Gasteiger partial charge on any atom is 0.256 e. The van der Waals surface area contributed by atoms with Crippen molar-refractivity contribution in [1.82, 2.24) is 14.9 Å². The Kier molecular flexibility index (Phi) is 4.89. The SMILES string of the molecule is CC(=O)N1CCN(c2cccc(NC(=O)c3ccnc4ccncc34)c2)CC1. The van der Waals surface area contributed by atoms with Crippen LogP contribution in [0.1, 0.15) is 17.3 Å². The van der Waals surface area contributed by atoms with E-state index in [1.54, 1.807) is 37.6 Å². The van der Waals surface area contributed by atoms with Gasteiger partial charge in [-0.1, -0.05) is 6.07 Å². The van der Waals surface area contributed by atoms with Crippen LogP contribution in [0.25, 0.3) is 10.9 Å². The molecule has 1 saturated heterocycles. The van der Waals surface area contributed by atoms with Crippen LogP contribution < -0.4 is 10.2 Å². The molecule has 1 N–H and O–H groups in total. The van der Waals surface area contributed by atoms with E-state index < -0.39 is 0 Å². The van der Waals surface area contributed by atoms with Crippen LogP contribution in [0.15, 0.2) is 55.0 Å². The van der Waals surface area contributed by atoms with E-state index in [-0.39, 0.29) is 11.8 Å². The fourth-order valence-corrected chi connectivity index (χ4v) is 3.45. The Hall–Kier alpha value is -3.48. The van der Waals surface area contributed by atoms with Crippen LogP contribution in [0, 0.1) is 0 Å². The van der Waals surface area contributed by atoms with Crippen LogP contribution >= 0.6 is 0 Å². The van der Waals surface area contributed by atoms with E-state index in [9.17, 15) is 9.59 Å². The summed E-state index contributed by atoms with van der Waals surface area (Å²) in [5.74, 6) is -0.0846. The molecule has 0 aliphatic carbocycles. The second kappa shape index (κ2) is 7.64. The van der Waals surface area contributed by atoms with Gasteiger partial charge in [-0.15, -0.1) is 0 Å². The monoisotopic (exact) mass is 375 g/mol. The summed E-state index contributed by atoms with van der Waals surface area (Å²) in [6.07, 6.45) is 4.94. The van der Waals surface area contributed by atoms with Gasteiger partial charge in [-0.2, -0.15) is 0 Å². The topological polar surface area (TPSA) is 78.4 Å². The first-order chi connectivity index (χ1) is 13.6. The predicted octanol–water partition coefficient (Wildman–Crippen LogP) is 2.55. The van der Waals surface area contributed by atoms with Crippen molar-refractivity contribution in [2.45, 2.75) is 6.92 Å². The smallest absolute Gasteiger partial charge is 0.256 e. The van der Waals surface area contributed by atoms with Gasteiger partial charge in [0.05, 0.1) is 11.1 Å². The molecule has 1 aliphatic rings. The maximum absolute atomic E-state index is 12.8. The third kappa shape index (κ3) is 3.64. The quantitative estimate of drug-likeness (QED) is 0.761. The first-order valence-electron chi connectivity index (χ1n) is 9.22. The van der Waals surface area contributed by atoms with Crippen molar-refractivity contribution >= 4 is 34.1 Å². The average Bonchev–Trinajstić information content (AvgIpc) is 2.73. The zero-order valence-electron chi connectivity index (χ0n) is 15.6. The Bertz CT molecular complexity index is 1020. The average molecular weight is 375 g/mol. The molecule has 28 heavy (non-hydrogen) atoms.